The summed E-state index contributed by atoms with van der Waals surface area (Å²) >= 11 is 0. The Morgan fingerprint density at radius 3 is 3.11 bits per heavy atom. The fraction of sp³-hybridized carbons (Fsp3) is 0.231. The van der Waals surface area contributed by atoms with Crippen LogP contribution in [0.2, 0.25) is 0 Å². The van der Waals surface area contributed by atoms with Crippen LogP contribution < -0.4 is 11.1 Å². The van der Waals surface area contributed by atoms with Crippen LogP contribution in [-0.2, 0) is 13.5 Å². The van der Waals surface area contributed by atoms with E-state index in [1.165, 1.54) is 5.56 Å². The van der Waals surface area contributed by atoms with Gasteiger partial charge in [0.15, 0.2) is 0 Å². The summed E-state index contributed by atoms with van der Waals surface area (Å²) < 4.78 is 1.80. The maximum Gasteiger partial charge on any atom is 0.201 e. The summed E-state index contributed by atoms with van der Waals surface area (Å²) in [5, 5.41) is 7.41. The van der Waals surface area contributed by atoms with E-state index in [9.17, 15) is 0 Å². The molecule has 6 heteroatoms. The van der Waals surface area contributed by atoms with E-state index in [2.05, 4.69) is 20.4 Å². The first kappa shape index (κ1) is 11.6. The van der Waals surface area contributed by atoms with Gasteiger partial charge in [0.2, 0.25) is 5.95 Å². The average Bonchev–Trinajstić information content (AvgIpc) is 2.95. The van der Waals surface area contributed by atoms with Crippen LogP contribution in [0.15, 0.2) is 30.6 Å². The number of nitrogens with zero attached hydrogens (tertiary/aromatic N) is 3. The lowest BCUT2D eigenvalue weighted by atomic mass is 10.2. The summed E-state index contributed by atoms with van der Waals surface area (Å²) in [7, 11) is 1.92. The molecule has 0 unspecified atom stereocenters. The van der Waals surface area contributed by atoms with E-state index in [0.717, 1.165) is 35.6 Å². The summed E-state index contributed by atoms with van der Waals surface area (Å²) in [6.07, 6.45) is 4.80. The highest BCUT2D eigenvalue weighted by Crippen LogP contribution is 2.16. The molecule has 3 aromatic rings. The fourth-order valence-corrected chi connectivity index (χ4v) is 2.04. The number of rotatable bonds is 4. The zero-order valence-electron chi connectivity index (χ0n) is 10.7. The van der Waals surface area contributed by atoms with Gasteiger partial charge in [-0.05, 0) is 30.2 Å². The predicted octanol–water partition coefficient (Wildman–Crippen LogP) is 1.53. The molecular formula is C13H16N6. The standard InChI is InChI=1S/C13H16N6/c1-19-8-9(7-16-19)4-5-15-13-17-11-3-2-10(14)6-12(11)18-13/h2-3,6-8H,4-5,14H2,1H3,(H2,15,17,18). The Kier molecular flexibility index (Phi) is 2.83. The quantitative estimate of drug-likeness (QED) is 0.618. The Balaban J connectivity index is 1.65. The van der Waals surface area contributed by atoms with Crippen molar-refractivity contribution in [1.29, 1.82) is 0 Å². The largest absolute Gasteiger partial charge is 0.399 e. The first-order valence-corrected chi connectivity index (χ1v) is 6.17. The van der Waals surface area contributed by atoms with Gasteiger partial charge in [0.1, 0.15) is 0 Å². The normalized spacial score (nSPS) is 11.0. The van der Waals surface area contributed by atoms with Crippen molar-refractivity contribution >= 4 is 22.7 Å². The molecule has 3 rings (SSSR count). The molecule has 98 valence electrons. The minimum Gasteiger partial charge on any atom is -0.399 e. The third-order valence-corrected chi connectivity index (χ3v) is 2.97. The molecule has 0 radical (unpaired) electrons. The number of benzene rings is 1. The second kappa shape index (κ2) is 4.64. The van der Waals surface area contributed by atoms with Crippen LogP contribution in [0, 0.1) is 0 Å². The zero-order valence-corrected chi connectivity index (χ0v) is 10.7. The number of hydrogen-bond donors (Lipinski definition) is 3. The molecule has 2 heterocycles. The third-order valence-electron chi connectivity index (χ3n) is 2.97. The number of aryl methyl sites for hydroxylation is 1. The Labute approximate surface area is 110 Å². The van der Waals surface area contributed by atoms with E-state index >= 15 is 0 Å². The van der Waals surface area contributed by atoms with E-state index in [-0.39, 0.29) is 0 Å². The highest BCUT2D eigenvalue weighted by molar-refractivity contribution is 5.80. The van der Waals surface area contributed by atoms with Crippen LogP contribution in [0.25, 0.3) is 11.0 Å². The van der Waals surface area contributed by atoms with Crippen molar-refractivity contribution in [2.75, 3.05) is 17.6 Å². The highest BCUT2D eigenvalue weighted by atomic mass is 15.2. The Morgan fingerprint density at radius 2 is 2.32 bits per heavy atom. The lowest BCUT2D eigenvalue weighted by molar-refractivity contribution is 0.767. The minimum absolute atomic E-state index is 0.734. The van der Waals surface area contributed by atoms with Gasteiger partial charge < -0.3 is 16.0 Å². The monoisotopic (exact) mass is 256 g/mol. The predicted molar refractivity (Wildman–Crippen MR) is 75.9 cm³/mol. The van der Waals surface area contributed by atoms with Gasteiger partial charge in [-0.15, -0.1) is 0 Å². The van der Waals surface area contributed by atoms with E-state index in [4.69, 9.17) is 5.73 Å². The van der Waals surface area contributed by atoms with Crippen molar-refractivity contribution in [1.82, 2.24) is 19.7 Å². The van der Waals surface area contributed by atoms with Crippen molar-refractivity contribution in [3.63, 3.8) is 0 Å². The number of hydrogen-bond acceptors (Lipinski definition) is 4. The molecule has 1 aromatic carbocycles. The van der Waals surface area contributed by atoms with Crippen LogP contribution in [0.4, 0.5) is 11.6 Å². The van der Waals surface area contributed by atoms with Crippen molar-refractivity contribution < 1.29 is 0 Å². The minimum atomic E-state index is 0.734. The summed E-state index contributed by atoms with van der Waals surface area (Å²) in [6, 6.07) is 5.64. The number of nitrogens with two attached hydrogens (primary N) is 1. The number of imidazole rings is 1. The van der Waals surface area contributed by atoms with Crippen molar-refractivity contribution in [3.05, 3.63) is 36.2 Å². The molecule has 0 aliphatic heterocycles. The fourth-order valence-electron chi connectivity index (χ4n) is 2.04. The van der Waals surface area contributed by atoms with Crippen LogP contribution in [-0.4, -0.2) is 26.3 Å². The van der Waals surface area contributed by atoms with E-state index < -0.39 is 0 Å². The van der Waals surface area contributed by atoms with Crippen LogP contribution in [0.1, 0.15) is 5.56 Å². The third kappa shape index (κ3) is 2.52. The van der Waals surface area contributed by atoms with Gasteiger partial charge in [0, 0.05) is 25.5 Å². The number of aromatic nitrogens is 4. The molecule has 6 nitrogen and oxygen atoms in total. The molecule has 0 amide bonds. The zero-order chi connectivity index (χ0) is 13.2. The smallest absolute Gasteiger partial charge is 0.201 e. The SMILES string of the molecule is Cn1cc(CCNc2nc3ccc(N)cc3[nH]2)cn1. The number of nitrogens with one attached hydrogen (secondary N) is 2. The number of nitrogen functional groups attached to an aromatic ring is 1. The van der Waals surface area contributed by atoms with Crippen molar-refractivity contribution in [2.45, 2.75) is 6.42 Å². The number of H-pyrrole nitrogens is 1. The molecule has 2 aromatic heterocycles. The summed E-state index contributed by atoms with van der Waals surface area (Å²) in [5.41, 5.74) is 9.54. The Hall–Kier alpha value is -2.50. The lowest BCUT2D eigenvalue weighted by Gasteiger charge is -2.00. The van der Waals surface area contributed by atoms with Crippen LogP contribution >= 0.6 is 0 Å². The molecule has 19 heavy (non-hydrogen) atoms. The molecule has 0 atom stereocenters. The van der Waals surface area contributed by atoms with Gasteiger partial charge in [-0.1, -0.05) is 0 Å². The molecule has 4 N–H and O–H groups in total. The van der Waals surface area contributed by atoms with E-state index in [1.807, 2.05) is 37.6 Å². The van der Waals surface area contributed by atoms with E-state index in [1.54, 1.807) is 4.68 Å². The maximum atomic E-state index is 5.73. The van der Waals surface area contributed by atoms with Crippen molar-refractivity contribution in [3.8, 4) is 0 Å². The second-order valence-corrected chi connectivity index (χ2v) is 4.56. The van der Waals surface area contributed by atoms with Crippen LogP contribution in [0.3, 0.4) is 0 Å². The first-order valence-electron chi connectivity index (χ1n) is 6.17. The summed E-state index contributed by atoms with van der Waals surface area (Å²) in [4.78, 5) is 7.65. The van der Waals surface area contributed by atoms with Crippen molar-refractivity contribution in [2.24, 2.45) is 7.05 Å². The molecule has 0 saturated heterocycles. The number of aromatic amines is 1. The summed E-state index contributed by atoms with van der Waals surface area (Å²) in [5.74, 6) is 0.768. The molecule has 0 saturated carbocycles. The Bertz CT molecular complexity index is 696. The summed E-state index contributed by atoms with van der Waals surface area (Å²) in [6.45, 7) is 0.807. The van der Waals surface area contributed by atoms with Gasteiger partial charge in [-0.2, -0.15) is 5.10 Å². The highest BCUT2D eigenvalue weighted by Gasteiger charge is 2.02. The van der Waals surface area contributed by atoms with Gasteiger partial charge in [-0.25, -0.2) is 4.98 Å². The molecule has 0 fully saturated rings. The molecule has 0 aliphatic carbocycles. The van der Waals surface area contributed by atoms with Gasteiger partial charge in [0.25, 0.3) is 0 Å². The Morgan fingerprint density at radius 1 is 1.42 bits per heavy atom. The van der Waals surface area contributed by atoms with Gasteiger partial charge >= 0.3 is 0 Å². The van der Waals surface area contributed by atoms with Gasteiger partial charge in [0.05, 0.1) is 17.2 Å². The maximum absolute atomic E-state index is 5.73. The average molecular weight is 256 g/mol. The topological polar surface area (TPSA) is 84.5 Å². The van der Waals surface area contributed by atoms with Gasteiger partial charge in [-0.3, -0.25) is 4.68 Å². The van der Waals surface area contributed by atoms with Crippen LogP contribution in [0.5, 0.6) is 0 Å². The first-order chi connectivity index (χ1) is 9.20. The molecule has 0 aliphatic rings. The second-order valence-electron chi connectivity index (χ2n) is 4.56. The van der Waals surface area contributed by atoms with E-state index in [0.29, 0.717) is 0 Å². The molecule has 0 spiro atoms. The lowest BCUT2D eigenvalue weighted by Crippen LogP contribution is -2.05. The molecular weight excluding hydrogens is 240 g/mol. The number of fused-ring (bicyclic) bond motifs is 1. The number of anilines is 2. The molecule has 0 bridgehead atoms.